The lowest BCUT2D eigenvalue weighted by Gasteiger charge is -2.19. The van der Waals surface area contributed by atoms with E-state index in [1.165, 1.54) is 16.7 Å². The van der Waals surface area contributed by atoms with Crippen molar-refractivity contribution in [2.75, 3.05) is 0 Å². The van der Waals surface area contributed by atoms with Crippen molar-refractivity contribution in [2.24, 2.45) is 0 Å². The molecule has 0 saturated carbocycles. The molecule has 0 bridgehead atoms. The van der Waals surface area contributed by atoms with Crippen LogP contribution in [0.4, 0.5) is 0 Å². The molecule has 0 amide bonds. The average molecular weight is 190 g/mol. The Morgan fingerprint density at radius 1 is 1.14 bits per heavy atom. The quantitative estimate of drug-likeness (QED) is 0.666. The molecule has 0 spiro atoms. The second kappa shape index (κ2) is 3.09. The average Bonchev–Trinajstić information content (AvgIpc) is 2.41. The van der Waals surface area contributed by atoms with Crippen LogP contribution in [0.25, 0.3) is 0 Å². The van der Waals surface area contributed by atoms with Gasteiger partial charge in [0.15, 0.2) is 0 Å². The van der Waals surface area contributed by atoms with E-state index in [-0.39, 0.29) is 11.5 Å². The molecule has 0 saturated heterocycles. The van der Waals surface area contributed by atoms with Gasteiger partial charge < -0.3 is 5.11 Å². The van der Waals surface area contributed by atoms with Gasteiger partial charge >= 0.3 is 0 Å². The number of hydrogen-bond donors (Lipinski definition) is 1. The minimum Gasteiger partial charge on any atom is -0.392 e. The van der Waals surface area contributed by atoms with Crippen molar-refractivity contribution in [2.45, 2.75) is 45.1 Å². The van der Waals surface area contributed by atoms with E-state index in [1.54, 1.807) is 0 Å². The van der Waals surface area contributed by atoms with E-state index >= 15 is 0 Å². The van der Waals surface area contributed by atoms with Gasteiger partial charge in [-0.2, -0.15) is 0 Å². The Bertz CT molecular complexity index is 347. The molecule has 0 fully saturated rings. The molecule has 0 aromatic heterocycles. The van der Waals surface area contributed by atoms with Gasteiger partial charge in [-0.25, -0.2) is 0 Å². The van der Waals surface area contributed by atoms with E-state index in [4.69, 9.17) is 0 Å². The maximum absolute atomic E-state index is 9.54. The highest BCUT2D eigenvalue weighted by atomic mass is 16.3. The zero-order chi connectivity index (χ0) is 10.3. The summed E-state index contributed by atoms with van der Waals surface area (Å²) in [6.07, 6.45) is 1.51. The first-order valence-corrected chi connectivity index (χ1v) is 5.27. The van der Waals surface area contributed by atoms with Gasteiger partial charge in [-0.15, -0.1) is 0 Å². The van der Waals surface area contributed by atoms with E-state index < -0.39 is 0 Å². The molecule has 1 aliphatic carbocycles. The largest absolute Gasteiger partial charge is 0.392 e. The lowest BCUT2D eigenvalue weighted by molar-refractivity contribution is 0.187. The summed E-state index contributed by atoms with van der Waals surface area (Å²) in [5.74, 6) is 0. The number of aliphatic hydroxyl groups is 1. The van der Waals surface area contributed by atoms with Crippen LogP contribution in [0.15, 0.2) is 18.2 Å². The molecule has 1 aromatic rings. The topological polar surface area (TPSA) is 20.2 Å². The maximum Gasteiger partial charge on any atom is 0.0621 e. The molecular formula is C13H18O. The number of benzene rings is 1. The van der Waals surface area contributed by atoms with Crippen LogP contribution in [0, 0.1) is 0 Å². The summed E-state index contributed by atoms with van der Waals surface area (Å²) < 4.78 is 0. The highest BCUT2D eigenvalue weighted by Crippen LogP contribution is 2.29. The van der Waals surface area contributed by atoms with Crippen LogP contribution in [-0.2, 0) is 18.3 Å². The van der Waals surface area contributed by atoms with Crippen molar-refractivity contribution < 1.29 is 5.11 Å². The Balaban J connectivity index is 2.38. The molecule has 1 aromatic carbocycles. The lowest BCUT2D eigenvalue weighted by Crippen LogP contribution is -2.11. The monoisotopic (exact) mass is 190 g/mol. The van der Waals surface area contributed by atoms with E-state index in [0.29, 0.717) is 0 Å². The third kappa shape index (κ3) is 1.69. The summed E-state index contributed by atoms with van der Waals surface area (Å²) in [6, 6.07) is 6.62. The molecular weight excluding hydrogens is 172 g/mol. The number of fused-ring (bicyclic) bond motifs is 1. The number of aliphatic hydroxyl groups excluding tert-OH is 1. The zero-order valence-corrected chi connectivity index (χ0v) is 9.17. The second-order valence-corrected chi connectivity index (χ2v) is 5.30. The molecule has 1 heteroatoms. The maximum atomic E-state index is 9.54. The Hall–Kier alpha value is -0.820. The van der Waals surface area contributed by atoms with Crippen LogP contribution in [-0.4, -0.2) is 11.2 Å². The summed E-state index contributed by atoms with van der Waals surface area (Å²) >= 11 is 0. The standard InChI is InChI=1S/C13H18O/c1-13(2,3)11-5-4-9-7-12(14)8-10(9)6-11/h4-6,12,14H,7-8H2,1-3H3. The summed E-state index contributed by atoms with van der Waals surface area (Å²) in [5, 5.41) is 9.54. The van der Waals surface area contributed by atoms with Crippen LogP contribution in [0.3, 0.4) is 0 Å². The van der Waals surface area contributed by atoms with Gasteiger partial charge in [0.25, 0.3) is 0 Å². The third-order valence-corrected chi connectivity index (χ3v) is 2.98. The summed E-state index contributed by atoms with van der Waals surface area (Å²) in [5.41, 5.74) is 4.24. The molecule has 0 radical (unpaired) electrons. The van der Waals surface area contributed by atoms with Crippen LogP contribution in [0.2, 0.25) is 0 Å². The predicted molar refractivity (Wildman–Crippen MR) is 58.6 cm³/mol. The van der Waals surface area contributed by atoms with Crippen molar-refractivity contribution in [1.29, 1.82) is 0 Å². The molecule has 1 nitrogen and oxygen atoms in total. The number of hydrogen-bond acceptors (Lipinski definition) is 1. The molecule has 0 aliphatic heterocycles. The van der Waals surface area contributed by atoms with Crippen LogP contribution in [0.1, 0.15) is 37.5 Å². The molecule has 0 heterocycles. The Kier molecular flexibility index (Phi) is 2.15. The van der Waals surface area contributed by atoms with Gasteiger partial charge in [-0.05, 0) is 34.9 Å². The van der Waals surface area contributed by atoms with Crippen LogP contribution in [0.5, 0.6) is 0 Å². The van der Waals surface area contributed by atoms with E-state index in [9.17, 15) is 5.11 Å². The Labute approximate surface area is 85.8 Å². The normalized spacial score (nSPS) is 21.0. The zero-order valence-electron chi connectivity index (χ0n) is 9.17. The van der Waals surface area contributed by atoms with Gasteiger partial charge in [0, 0.05) is 0 Å². The molecule has 1 unspecified atom stereocenters. The molecule has 1 N–H and O–H groups in total. The van der Waals surface area contributed by atoms with E-state index in [0.717, 1.165) is 12.8 Å². The highest BCUT2D eigenvalue weighted by molar-refractivity contribution is 5.38. The Morgan fingerprint density at radius 2 is 1.79 bits per heavy atom. The lowest BCUT2D eigenvalue weighted by atomic mass is 9.85. The van der Waals surface area contributed by atoms with Gasteiger partial charge in [0.1, 0.15) is 0 Å². The second-order valence-electron chi connectivity index (χ2n) is 5.30. The third-order valence-electron chi connectivity index (χ3n) is 2.98. The van der Waals surface area contributed by atoms with Crippen molar-refractivity contribution in [1.82, 2.24) is 0 Å². The van der Waals surface area contributed by atoms with Gasteiger partial charge in [-0.1, -0.05) is 39.0 Å². The molecule has 1 aliphatic rings. The fraction of sp³-hybridized carbons (Fsp3) is 0.538. The van der Waals surface area contributed by atoms with Gasteiger partial charge in [0.05, 0.1) is 6.10 Å². The fourth-order valence-corrected chi connectivity index (χ4v) is 2.06. The molecule has 76 valence electrons. The fourth-order valence-electron chi connectivity index (χ4n) is 2.06. The van der Waals surface area contributed by atoms with Crippen molar-refractivity contribution >= 4 is 0 Å². The summed E-state index contributed by atoms with van der Waals surface area (Å²) in [7, 11) is 0. The van der Waals surface area contributed by atoms with Crippen molar-refractivity contribution in [3.8, 4) is 0 Å². The molecule has 1 atom stereocenters. The SMILES string of the molecule is CC(C)(C)c1ccc2c(c1)CC(O)C2. The smallest absolute Gasteiger partial charge is 0.0621 e. The number of rotatable bonds is 0. The van der Waals surface area contributed by atoms with Crippen LogP contribution >= 0.6 is 0 Å². The van der Waals surface area contributed by atoms with Crippen molar-refractivity contribution in [3.05, 3.63) is 34.9 Å². The van der Waals surface area contributed by atoms with Gasteiger partial charge in [-0.3, -0.25) is 0 Å². The van der Waals surface area contributed by atoms with E-state index in [2.05, 4.69) is 39.0 Å². The highest BCUT2D eigenvalue weighted by Gasteiger charge is 2.21. The van der Waals surface area contributed by atoms with Gasteiger partial charge in [0.2, 0.25) is 0 Å². The minimum atomic E-state index is -0.153. The first-order valence-electron chi connectivity index (χ1n) is 5.27. The first kappa shape index (κ1) is 9.72. The molecule has 2 rings (SSSR count). The Morgan fingerprint density at radius 3 is 2.43 bits per heavy atom. The van der Waals surface area contributed by atoms with E-state index in [1.807, 2.05) is 0 Å². The summed E-state index contributed by atoms with van der Waals surface area (Å²) in [6.45, 7) is 6.67. The summed E-state index contributed by atoms with van der Waals surface area (Å²) in [4.78, 5) is 0. The minimum absolute atomic E-state index is 0.153. The predicted octanol–water partition coefficient (Wildman–Crippen LogP) is 2.44. The molecule has 14 heavy (non-hydrogen) atoms. The van der Waals surface area contributed by atoms with Crippen molar-refractivity contribution in [3.63, 3.8) is 0 Å². The first-order chi connectivity index (χ1) is 6.47. The van der Waals surface area contributed by atoms with Crippen LogP contribution < -0.4 is 0 Å².